The second-order valence-electron chi connectivity index (χ2n) is 11.3. The van der Waals surface area contributed by atoms with E-state index in [4.69, 9.17) is 4.74 Å². The lowest BCUT2D eigenvalue weighted by atomic mass is 10.0. The Bertz CT molecular complexity index is 1710. The summed E-state index contributed by atoms with van der Waals surface area (Å²) in [4.78, 5) is 30.1. The Kier molecular flexibility index (Phi) is 12.0. The van der Waals surface area contributed by atoms with Crippen molar-refractivity contribution in [3.05, 3.63) is 125 Å². The van der Waals surface area contributed by atoms with E-state index in [1.54, 1.807) is 36.4 Å². The van der Waals surface area contributed by atoms with E-state index in [0.717, 1.165) is 39.4 Å². The van der Waals surface area contributed by atoms with Gasteiger partial charge in [0.05, 0.1) is 17.7 Å². The number of hydrogen-bond acceptors (Lipinski definition) is 5. The number of anilines is 1. The second-order valence-corrected chi connectivity index (χ2v) is 13.2. The first-order valence-electron chi connectivity index (χ1n) is 15.5. The fraction of sp³-hybridized carbons (Fsp3) is 0.297. The molecule has 242 valence electrons. The number of nitrogens with zero attached hydrogens (tertiary/aromatic N) is 2. The van der Waals surface area contributed by atoms with Crippen molar-refractivity contribution in [3.8, 4) is 5.75 Å². The molecule has 1 N–H and O–H groups in total. The molecule has 0 aliphatic rings. The Balaban J connectivity index is 1.81. The summed E-state index contributed by atoms with van der Waals surface area (Å²) in [6, 6.07) is 29.5. The fourth-order valence-corrected chi connectivity index (χ4v) is 6.57. The van der Waals surface area contributed by atoms with Gasteiger partial charge in [-0.3, -0.25) is 13.9 Å². The van der Waals surface area contributed by atoms with Crippen molar-refractivity contribution in [1.29, 1.82) is 0 Å². The lowest BCUT2D eigenvalue weighted by molar-refractivity contribution is -0.140. The highest BCUT2D eigenvalue weighted by Crippen LogP contribution is 2.28. The topological polar surface area (TPSA) is 96.0 Å². The normalized spacial score (nSPS) is 11.8. The molecule has 0 radical (unpaired) electrons. The van der Waals surface area contributed by atoms with Crippen LogP contribution in [-0.4, -0.2) is 51.4 Å². The van der Waals surface area contributed by atoms with Crippen LogP contribution >= 0.6 is 0 Å². The van der Waals surface area contributed by atoms with Crippen LogP contribution in [0, 0.1) is 13.8 Å². The number of unbranched alkanes of at least 4 members (excludes halogenated alkanes) is 1. The number of rotatable bonds is 15. The van der Waals surface area contributed by atoms with Crippen molar-refractivity contribution in [2.24, 2.45) is 0 Å². The minimum atomic E-state index is -4.20. The Labute approximate surface area is 273 Å². The van der Waals surface area contributed by atoms with Gasteiger partial charge in [0.1, 0.15) is 18.3 Å². The second kappa shape index (κ2) is 16.1. The summed E-state index contributed by atoms with van der Waals surface area (Å²) in [7, 11) is -2.70. The summed E-state index contributed by atoms with van der Waals surface area (Å²) in [6.45, 7) is 5.95. The van der Waals surface area contributed by atoms with Crippen LogP contribution in [0.15, 0.2) is 108 Å². The molecule has 2 amide bonds. The number of hydrogen-bond donors (Lipinski definition) is 1. The smallest absolute Gasteiger partial charge is 0.264 e. The number of carbonyl (C=O) groups is 2. The molecule has 4 aromatic carbocycles. The molecule has 46 heavy (non-hydrogen) atoms. The highest BCUT2D eigenvalue weighted by molar-refractivity contribution is 7.92. The summed E-state index contributed by atoms with van der Waals surface area (Å²) < 4.78 is 34.9. The minimum absolute atomic E-state index is 0.0531. The van der Waals surface area contributed by atoms with Crippen LogP contribution in [0.5, 0.6) is 5.75 Å². The van der Waals surface area contributed by atoms with E-state index >= 15 is 0 Å². The minimum Gasteiger partial charge on any atom is -0.497 e. The summed E-state index contributed by atoms with van der Waals surface area (Å²) in [5.74, 6) is -0.343. The monoisotopic (exact) mass is 641 g/mol. The van der Waals surface area contributed by atoms with E-state index in [2.05, 4.69) is 5.32 Å². The van der Waals surface area contributed by atoms with Crippen LogP contribution in [0.3, 0.4) is 0 Å². The summed E-state index contributed by atoms with van der Waals surface area (Å²) >= 11 is 0. The van der Waals surface area contributed by atoms with Gasteiger partial charge in [0.25, 0.3) is 10.0 Å². The molecule has 0 heterocycles. The number of methoxy groups -OCH3 is 1. The molecule has 0 bridgehead atoms. The number of nitrogens with one attached hydrogen (secondary N) is 1. The van der Waals surface area contributed by atoms with E-state index in [9.17, 15) is 18.0 Å². The molecule has 0 saturated heterocycles. The van der Waals surface area contributed by atoms with E-state index < -0.39 is 28.5 Å². The Morgan fingerprint density at radius 1 is 0.870 bits per heavy atom. The number of sulfonamides is 1. The molecule has 0 aromatic heterocycles. The van der Waals surface area contributed by atoms with Gasteiger partial charge in [-0.1, -0.05) is 91.7 Å². The van der Waals surface area contributed by atoms with Crippen LogP contribution in [0.25, 0.3) is 0 Å². The number of aryl methyl sites for hydroxylation is 2. The van der Waals surface area contributed by atoms with E-state index in [1.165, 1.54) is 24.1 Å². The van der Waals surface area contributed by atoms with Gasteiger partial charge in [-0.15, -0.1) is 0 Å². The molecule has 0 saturated carbocycles. The first-order chi connectivity index (χ1) is 22.1. The lowest BCUT2D eigenvalue weighted by Gasteiger charge is -2.34. The van der Waals surface area contributed by atoms with E-state index in [-0.39, 0.29) is 29.5 Å². The maximum absolute atomic E-state index is 14.6. The third-order valence-electron chi connectivity index (χ3n) is 7.93. The molecular formula is C37H43N3O5S. The average molecular weight is 642 g/mol. The molecule has 9 heteroatoms. The number of carbonyl (C=O) groups excluding carboxylic acids is 2. The van der Waals surface area contributed by atoms with Gasteiger partial charge in [0, 0.05) is 25.6 Å². The largest absolute Gasteiger partial charge is 0.497 e. The van der Waals surface area contributed by atoms with Gasteiger partial charge in [-0.25, -0.2) is 8.42 Å². The average Bonchev–Trinajstić information content (AvgIpc) is 3.06. The third kappa shape index (κ3) is 8.75. The van der Waals surface area contributed by atoms with Crippen molar-refractivity contribution in [2.75, 3.05) is 24.5 Å². The van der Waals surface area contributed by atoms with Crippen LogP contribution in [0.2, 0.25) is 0 Å². The molecular weight excluding hydrogens is 598 g/mol. The summed E-state index contributed by atoms with van der Waals surface area (Å²) in [5, 5.41) is 3.02. The predicted molar refractivity (Wildman–Crippen MR) is 182 cm³/mol. The number of amides is 2. The molecule has 4 aromatic rings. The van der Waals surface area contributed by atoms with Gasteiger partial charge in [-0.05, 0) is 61.2 Å². The van der Waals surface area contributed by atoms with E-state index in [0.29, 0.717) is 12.3 Å². The molecule has 1 atom stereocenters. The van der Waals surface area contributed by atoms with Crippen LogP contribution in [-0.2, 0) is 32.6 Å². The van der Waals surface area contributed by atoms with Crippen molar-refractivity contribution >= 4 is 27.5 Å². The highest BCUT2D eigenvalue weighted by atomic mass is 32.2. The molecule has 0 fully saturated rings. The maximum atomic E-state index is 14.6. The van der Waals surface area contributed by atoms with Crippen LogP contribution in [0.4, 0.5) is 5.69 Å². The standard InChI is InChI=1S/C37H43N3O5S/c1-5-6-23-38-37(42)35(24-30-14-8-7-9-15-30)39(26-31-16-11-10-13-29(31)3)36(41)27-40(32-17-12-18-33(25-32)45-4)46(43,44)34-21-19-28(2)20-22-34/h7-22,25,35H,5-6,23-24,26-27H2,1-4H3,(H,38,42)/t35-/m1/s1. The van der Waals surface area contributed by atoms with Gasteiger partial charge < -0.3 is 15.0 Å². The number of benzene rings is 4. The lowest BCUT2D eigenvalue weighted by Crippen LogP contribution is -2.53. The van der Waals surface area contributed by atoms with Gasteiger partial charge in [0.2, 0.25) is 11.8 Å². The van der Waals surface area contributed by atoms with Gasteiger partial charge >= 0.3 is 0 Å². The van der Waals surface area contributed by atoms with Crippen molar-refractivity contribution in [1.82, 2.24) is 10.2 Å². The first kappa shape index (κ1) is 34.2. The van der Waals surface area contributed by atoms with Crippen molar-refractivity contribution < 1.29 is 22.7 Å². The van der Waals surface area contributed by atoms with Crippen molar-refractivity contribution in [2.45, 2.75) is 57.5 Å². The quantitative estimate of drug-likeness (QED) is 0.159. The Hall–Kier alpha value is -4.63. The highest BCUT2D eigenvalue weighted by Gasteiger charge is 2.35. The molecule has 8 nitrogen and oxygen atoms in total. The zero-order chi connectivity index (χ0) is 33.1. The third-order valence-corrected chi connectivity index (χ3v) is 9.72. The zero-order valence-electron chi connectivity index (χ0n) is 27.0. The van der Waals surface area contributed by atoms with Gasteiger partial charge in [-0.2, -0.15) is 0 Å². The molecule has 0 aliphatic carbocycles. The summed E-state index contributed by atoms with van der Waals surface area (Å²) in [5.41, 5.74) is 3.89. The van der Waals surface area contributed by atoms with Crippen molar-refractivity contribution in [3.63, 3.8) is 0 Å². The SMILES string of the molecule is CCCCNC(=O)[C@@H](Cc1ccccc1)N(Cc1ccccc1C)C(=O)CN(c1cccc(OC)c1)S(=O)(=O)c1ccc(C)cc1. The Morgan fingerprint density at radius 3 is 2.24 bits per heavy atom. The first-order valence-corrected chi connectivity index (χ1v) is 17.0. The maximum Gasteiger partial charge on any atom is 0.264 e. The molecule has 4 rings (SSSR count). The van der Waals surface area contributed by atoms with E-state index in [1.807, 2.05) is 75.4 Å². The molecule has 0 spiro atoms. The molecule has 0 unspecified atom stereocenters. The van der Waals surface area contributed by atoms with Gasteiger partial charge in [0.15, 0.2) is 0 Å². The number of ether oxygens (including phenoxy) is 1. The zero-order valence-corrected chi connectivity index (χ0v) is 27.8. The Morgan fingerprint density at radius 2 is 1.57 bits per heavy atom. The molecule has 0 aliphatic heterocycles. The predicted octanol–water partition coefficient (Wildman–Crippen LogP) is 6.06. The fourth-order valence-electron chi connectivity index (χ4n) is 5.16. The van der Waals surface area contributed by atoms with Crippen LogP contribution < -0.4 is 14.4 Å². The summed E-state index contributed by atoms with van der Waals surface area (Å²) in [6.07, 6.45) is 1.97. The van der Waals surface area contributed by atoms with Crippen LogP contribution in [0.1, 0.15) is 42.0 Å².